The van der Waals surface area contributed by atoms with Gasteiger partial charge in [-0.2, -0.15) is 0 Å². The lowest BCUT2D eigenvalue weighted by Crippen LogP contribution is -2.52. The maximum Gasteiger partial charge on any atom is 0.246 e. The molecular formula is C13H19N3O3S. The van der Waals surface area contributed by atoms with Crippen LogP contribution in [0.2, 0.25) is 0 Å². The fourth-order valence-corrected chi connectivity index (χ4v) is 4.17. The van der Waals surface area contributed by atoms with Crippen LogP contribution < -0.4 is 5.32 Å². The van der Waals surface area contributed by atoms with E-state index >= 15 is 0 Å². The molecule has 0 bridgehead atoms. The molecule has 0 aliphatic carbocycles. The molecule has 3 amide bonds. The van der Waals surface area contributed by atoms with Crippen LogP contribution in [0.25, 0.3) is 0 Å². The van der Waals surface area contributed by atoms with E-state index in [0.717, 1.165) is 25.9 Å². The Morgan fingerprint density at radius 3 is 2.60 bits per heavy atom. The minimum Gasteiger partial charge on any atom is -0.344 e. The van der Waals surface area contributed by atoms with Crippen molar-refractivity contribution >= 4 is 29.5 Å². The monoisotopic (exact) mass is 297 g/mol. The van der Waals surface area contributed by atoms with Crippen LogP contribution in [0.1, 0.15) is 25.7 Å². The third-order valence-electron chi connectivity index (χ3n) is 4.16. The molecule has 6 nitrogen and oxygen atoms in total. The number of hydrogen-bond acceptors (Lipinski definition) is 4. The lowest BCUT2D eigenvalue weighted by Gasteiger charge is -2.28. The molecule has 0 aromatic carbocycles. The van der Waals surface area contributed by atoms with Crippen molar-refractivity contribution < 1.29 is 14.4 Å². The Bertz CT molecular complexity index is 437. The predicted molar refractivity (Wildman–Crippen MR) is 74.9 cm³/mol. The van der Waals surface area contributed by atoms with Crippen molar-refractivity contribution in [1.82, 2.24) is 15.1 Å². The van der Waals surface area contributed by atoms with E-state index in [9.17, 15) is 14.4 Å². The van der Waals surface area contributed by atoms with Crippen molar-refractivity contribution in [2.45, 2.75) is 37.8 Å². The van der Waals surface area contributed by atoms with Gasteiger partial charge in [0.05, 0.1) is 5.88 Å². The third kappa shape index (κ3) is 2.51. The van der Waals surface area contributed by atoms with Crippen LogP contribution in [0.15, 0.2) is 0 Å². The Labute approximate surface area is 122 Å². The predicted octanol–water partition coefficient (Wildman–Crippen LogP) is -0.211. The van der Waals surface area contributed by atoms with Crippen LogP contribution in [-0.4, -0.2) is 64.3 Å². The standard InChI is InChI=1S/C13H19N3O3S/c17-11-4-3-9(14-11)12(18)16-8-20-7-10(16)13(19)15-5-1-2-6-15/h9-10H,1-8H2,(H,14,17)/t9-,10+/m0/s1. The summed E-state index contributed by atoms with van der Waals surface area (Å²) in [6.45, 7) is 1.62. The van der Waals surface area contributed by atoms with Crippen molar-refractivity contribution in [3.8, 4) is 0 Å². The molecular weight excluding hydrogens is 278 g/mol. The molecule has 20 heavy (non-hydrogen) atoms. The molecule has 0 spiro atoms. The molecule has 110 valence electrons. The van der Waals surface area contributed by atoms with Gasteiger partial charge in [-0.1, -0.05) is 0 Å². The van der Waals surface area contributed by atoms with Crippen molar-refractivity contribution in [3.05, 3.63) is 0 Å². The molecule has 3 rings (SSSR count). The van der Waals surface area contributed by atoms with Gasteiger partial charge in [-0.25, -0.2) is 0 Å². The largest absolute Gasteiger partial charge is 0.344 e. The SMILES string of the molecule is O=C1CC[C@@H](C(=O)N2CSC[C@@H]2C(=O)N2CCCC2)N1. The topological polar surface area (TPSA) is 69.7 Å². The van der Waals surface area contributed by atoms with Crippen molar-refractivity contribution in [2.24, 2.45) is 0 Å². The summed E-state index contributed by atoms with van der Waals surface area (Å²) in [5, 5.41) is 2.70. The van der Waals surface area contributed by atoms with E-state index in [1.807, 2.05) is 4.90 Å². The average molecular weight is 297 g/mol. The smallest absolute Gasteiger partial charge is 0.246 e. The quantitative estimate of drug-likeness (QED) is 0.765. The molecule has 3 fully saturated rings. The minimum atomic E-state index is -0.435. The van der Waals surface area contributed by atoms with E-state index in [2.05, 4.69) is 5.32 Å². The zero-order valence-corrected chi connectivity index (χ0v) is 12.2. The van der Waals surface area contributed by atoms with Gasteiger partial charge >= 0.3 is 0 Å². The number of thioether (sulfide) groups is 1. The Kier molecular flexibility index (Phi) is 3.87. The molecule has 0 saturated carbocycles. The molecule has 3 saturated heterocycles. The normalized spacial score (nSPS) is 29.9. The molecule has 0 aromatic heterocycles. The molecule has 3 aliphatic rings. The molecule has 3 aliphatic heterocycles. The van der Waals surface area contributed by atoms with Gasteiger partial charge < -0.3 is 15.1 Å². The summed E-state index contributed by atoms with van der Waals surface area (Å²) in [7, 11) is 0. The summed E-state index contributed by atoms with van der Waals surface area (Å²) in [5.41, 5.74) is 0. The van der Waals surface area contributed by atoms with Crippen LogP contribution in [0.3, 0.4) is 0 Å². The van der Waals surface area contributed by atoms with Crippen LogP contribution in [-0.2, 0) is 14.4 Å². The van der Waals surface area contributed by atoms with E-state index in [4.69, 9.17) is 0 Å². The maximum atomic E-state index is 12.5. The van der Waals surface area contributed by atoms with Gasteiger partial charge in [0.25, 0.3) is 0 Å². The van der Waals surface area contributed by atoms with Gasteiger partial charge in [-0.15, -0.1) is 11.8 Å². The van der Waals surface area contributed by atoms with E-state index in [1.165, 1.54) is 0 Å². The summed E-state index contributed by atoms with van der Waals surface area (Å²) in [6.07, 6.45) is 3.06. The lowest BCUT2D eigenvalue weighted by molar-refractivity contribution is -0.143. The first kappa shape index (κ1) is 13.7. The molecule has 2 atom stereocenters. The first-order valence-electron chi connectivity index (χ1n) is 7.13. The number of carbonyl (C=O) groups is 3. The second-order valence-electron chi connectivity index (χ2n) is 5.51. The fourth-order valence-electron chi connectivity index (χ4n) is 3.01. The summed E-state index contributed by atoms with van der Waals surface area (Å²) < 4.78 is 0. The molecule has 1 N–H and O–H groups in total. The van der Waals surface area contributed by atoms with Crippen LogP contribution in [0, 0.1) is 0 Å². The minimum absolute atomic E-state index is 0.0716. The first-order chi connectivity index (χ1) is 9.66. The zero-order chi connectivity index (χ0) is 14.1. The van der Waals surface area contributed by atoms with Crippen molar-refractivity contribution in [3.63, 3.8) is 0 Å². The van der Waals surface area contributed by atoms with Crippen molar-refractivity contribution in [2.75, 3.05) is 24.7 Å². The van der Waals surface area contributed by atoms with Gasteiger partial charge in [-0.3, -0.25) is 14.4 Å². The molecule has 0 unspecified atom stereocenters. The lowest BCUT2D eigenvalue weighted by atomic mass is 10.1. The highest BCUT2D eigenvalue weighted by atomic mass is 32.2. The number of nitrogens with zero attached hydrogens (tertiary/aromatic N) is 2. The Morgan fingerprint density at radius 1 is 1.20 bits per heavy atom. The van der Waals surface area contributed by atoms with E-state index in [0.29, 0.717) is 24.5 Å². The zero-order valence-electron chi connectivity index (χ0n) is 11.3. The van der Waals surface area contributed by atoms with Crippen molar-refractivity contribution in [1.29, 1.82) is 0 Å². The summed E-state index contributed by atoms with van der Waals surface area (Å²) in [5.74, 6) is 1.12. The second-order valence-corrected chi connectivity index (χ2v) is 6.51. The Morgan fingerprint density at radius 2 is 1.95 bits per heavy atom. The number of rotatable bonds is 2. The van der Waals surface area contributed by atoms with E-state index in [-0.39, 0.29) is 23.8 Å². The number of carbonyl (C=O) groups excluding carboxylic acids is 3. The summed E-state index contributed by atoms with van der Waals surface area (Å²) in [6, 6.07) is -0.779. The molecule has 0 aromatic rings. The third-order valence-corrected chi connectivity index (χ3v) is 5.17. The molecule has 3 heterocycles. The average Bonchev–Trinajstić information content (AvgIpc) is 3.18. The molecule has 0 radical (unpaired) electrons. The van der Waals surface area contributed by atoms with Crippen LogP contribution in [0.5, 0.6) is 0 Å². The van der Waals surface area contributed by atoms with Crippen LogP contribution >= 0.6 is 11.8 Å². The second kappa shape index (κ2) is 5.63. The van der Waals surface area contributed by atoms with Gasteiger partial charge in [-0.05, 0) is 19.3 Å². The highest BCUT2D eigenvalue weighted by Gasteiger charge is 2.41. The number of nitrogens with one attached hydrogen (secondary N) is 1. The number of likely N-dealkylation sites (tertiary alicyclic amines) is 1. The Balaban J connectivity index is 1.67. The van der Waals surface area contributed by atoms with Gasteiger partial charge in [0.15, 0.2) is 0 Å². The summed E-state index contributed by atoms with van der Waals surface area (Å²) in [4.78, 5) is 39.7. The highest BCUT2D eigenvalue weighted by molar-refractivity contribution is 7.99. The maximum absolute atomic E-state index is 12.5. The van der Waals surface area contributed by atoms with Gasteiger partial charge in [0.2, 0.25) is 17.7 Å². The van der Waals surface area contributed by atoms with Gasteiger partial charge in [0.1, 0.15) is 12.1 Å². The van der Waals surface area contributed by atoms with Gasteiger partial charge in [0, 0.05) is 25.3 Å². The number of amides is 3. The van der Waals surface area contributed by atoms with E-state index in [1.54, 1.807) is 16.7 Å². The van der Waals surface area contributed by atoms with Crippen LogP contribution in [0.4, 0.5) is 0 Å². The fraction of sp³-hybridized carbons (Fsp3) is 0.769. The highest BCUT2D eigenvalue weighted by Crippen LogP contribution is 2.26. The Hall–Kier alpha value is -1.24. The molecule has 7 heteroatoms. The first-order valence-corrected chi connectivity index (χ1v) is 8.28. The van der Waals surface area contributed by atoms with E-state index < -0.39 is 6.04 Å². The summed E-state index contributed by atoms with van der Waals surface area (Å²) >= 11 is 1.61. The number of hydrogen-bond donors (Lipinski definition) is 1.